The topological polar surface area (TPSA) is 24.4 Å². The average Bonchev–Trinajstić information content (AvgIpc) is 2.33. The summed E-state index contributed by atoms with van der Waals surface area (Å²) in [6.45, 7) is 8.05. The number of hydrogen-bond donors (Lipinski definition) is 1. The van der Waals surface area contributed by atoms with E-state index in [9.17, 15) is 0 Å². The van der Waals surface area contributed by atoms with Gasteiger partial charge in [0.1, 0.15) is 5.82 Å². The quantitative estimate of drug-likeness (QED) is 0.544. The van der Waals surface area contributed by atoms with E-state index in [-0.39, 0.29) is 0 Å². The minimum absolute atomic E-state index is 0.894. The second-order valence-corrected chi connectivity index (χ2v) is 1.91. The summed E-state index contributed by atoms with van der Waals surface area (Å²) in [6.07, 6.45) is 2.85. The van der Waals surface area contributed by atoms with Gasteiger partial charge in [0.25, 0.3) is 0 Å². The molecule has 2 heteroatoms. The van der Waals surface area contributed by atoms with E-state index in [0.29, 0.717) is 0 Å². The third-order valence-corrected chi connectivity index (χ3v) is 1.40. The Morgan fingerprint density at radius 3 is 2.89 bits per heavy atom. The van der Waals surface area contributed by atoms with E-state index in [1.807, 2.05) is 6.08 Å². The standard InChI is InChI=1S/C7H10N2/c1-3-6-4-5-9-7(6)8-2/h3,9H,1-2,4-5H2. The van der Waals surface area contributed by atoms with E-state index in [4.69, 9.17) is 0 Å². The molecule has 0 spiro atoms. The van der Waals surface area contributed by atoms with Gasteiger partial charge >= 0.3 is 0 Å². The van der Waals surface area contributed by atoms with Crippen LogP contribution in [0.4, 0.5) is 0 Å². The van der Waals surface area contributed by atoms with Gasteiger partial charge in [0.15, 0.2) is 0 Å². The molecular formula is C7H10N2. The number of nitrogens with one attached hydrogen (secondary N) is 1. The highest BCUT2D eigenvalue weighted by atomic mass is 15.0. The molecule has 1 aliphatic heterocycles. The van der Waals surface area contributed by atoms with Gasteiger partial charge in [-0.2, -0.15) is 0 Å². The Morgan fingerprint density at radius 2 is 2.44 bits per heavy atom. The van der Waals surface area contributed by atoms with Gasteiger partial charge in [-0.3, -0.25) is 0 Å². The van der Waals surface area contributed by atoms with Gasteiger partial charge in [-0.25, -0.2) is 4.99 Å². The predicted octanol–water partition coefficient (Wildman–Crippen LogP) is 1.08. The first kappa shape index (κ1) is 6.08. The summed E-state index contributed by atoms with van der Waals surface area (Å²) in [5.41, 5.74) is 1.17. The molecule has 0 aromatic carbocycles. The van der Waals surface area contributed by atoms with Crippen molar-refractivity contribution < 1.29 is 0 Å². The van der Waals surface area contributed by atoms with E-state index in [2.05, 4.69) is 23.6 Å². The molecule has 1 aliphatic rings. The monoisotopic (exact) mass is 122 g/mol. The van der Waals surface area contributed by atoms with Crippen LogP contribution in [-0.2, 0) is 0 Å². The van der Waals surface area contributed by atoms with Crippen molar-refractivity contribution >= 4 is 6.72 Å². The van der Waals surface area contributed by atoms with Gasteiger partial charge in [-0.15, -0.1) is 0 Å². The Hall–Kier alpha value is -1.05. The molecule has 2 nitrogen and oxygen atoms in total. The van der Waals surface area contributed by atoms with Crippen molar-refractivity contribution in [1.29, 1.82) is 0 Å². The Balaban J connectivity index is 2.81. The molecule has 0 saturated heterocycles. The zero-order valence-electron chi connectivity index (χ0n) is 5.35. The molecule has 0 atom stereocenters. The normalized spacial score (nSPS) is 17.3. The zero-order chi connectivity index (χ0) is 6.69. The fourth-order valence-corrected chi connectivity index (χ4v) is 0.904. The van der Waals surface area contributed by atoms with Gasteiger partial charge in [0.2, 0.25) is 0 Å². The van der Waals surface area contributed by atoms with Gasteiger partial charge in [0.05, 0.1) is 0 Å². The van der Waals surface area contributed by atoms with Gasteiger partial charge in [-0.1, -0.05) is 12.7 Å². The molecule has 0 amide bonds. The minimum Gasteiger partial charge on any atom is -0.370 e. The number of nitrogens with zero attached hydrogens (tertiary/aromatic N) is 1. The summed E-state index contributed by atoms with van der Waals surface area (Å²) in [4.78, 5) is 3.79. The van der Waals surface area contributed by atoms with Crippen LogP contribution in [0, 0.1) is 0 Å². The summed E-state index contributed by atoms with van der Waals surface area (Å²) < 4.78 is 0. The van der Waals surface area contributed by atoms with Crippen molar-refractivity contribution in [2.45, 2.75) is 6.42 Å². The molecule has 0 bridgehead atoms. The zero-order valence-corrected chi connectivity index (χ0v) is 5.35. The van der Waals surface area contributed by atoms with Crippen molar-refractivity contribution in [3.05, 3.63) is 24.0 Å². The summed E-state index contributed by atoms with van der Waals surface area (Å²) in [6, 6.07) is 0. The molecule has 0 aliphatic carbocycles. The summed E-state index contributed by atoms with van der Waals surface area (Å²) >= 11 is 0. The fraction of sp³-hybridized carbons (Fsp3) is 0.286. The molecule has 9 heavy (non-hydrogen) atoms. The summed E-state index contributed by atoms with van der Waals surface area (Å²) in [7, 11) is 0. The van der Waals surface area contributed by atoms with Crippen molar-refractivity contribution in [3.63, 3.8) is 0 Å². The molecule has 0 aromatic rings. The highest BCUT2D eigenvalue weighted by molar-refractivity contribution is 5.35. The number of hydrogen-bond acceptors (Lipinski definition) is 2. The first-order valence-electron chi connectivity index (χ1n) is 2.94. The lowest BCUT2D eigenvalue weighted by atomic mass is 10.2. The first-order valence-corrected chi connectivity index (χ1v) is 2.94. The lowest BCUT2D eigenvalue weighted by Gasteiger charge is -1.93. The van der Waals surface area contributed by atoms with Crippen LogP contribution in [0.5, 0.6) is 0 Å². The largest absolute Gasteiger partial charge is 0.370 e. The summed E-state index contributed by atoms with van der Waals surface area (Å²) in [5, 5.41) is 3.09. The highest BCUT2D eigenvalue weighted by Crippen LogP contribution is 2.13. The van der Waals surface area contributed by atoms with Crippen LogP contribution in [0.1, 0.15) is 6.42 Å². The maximum absolute atomic E-state index is 3.79. The third-order valence-electron chi connectivity index (χ3n) is 1.40. The molecule has 1 rings (SSSR count). The van der Waals surface area contributed by atoms with Crippen LogP contribution in [0.25, 0.3) is 0 Å². The number of rotatable bonds is 2. The van der Waals surface area contributed by atoms with E-state index < -0.39 is 0 Å². The lowest BCUT2D eigenvalue weighted by molar-refractivity contribution is 0.866. The second kappa shape index (κ2) is 2.49. The SMILES string of the molecule is C=CC1=C(N=C)NCC1. The Bertz CT molecular complexity index is 150. The van der Waals surface area contributed by atoms with Crippen LogP contribution in [-0.4, -0.2) is 13.3 Å². The lowest BCUT2D eigenvalue weighted by Crippen LogP contribution is -2.04. The van der Waals surface area contributed by atoms with Gasteiger partial charge in [-0.05, 0) is 18.7 Å². The Labute approximate surface area is 55.0 Å². The molecule has 0 fully saturated rings. The Kier molecular flexibility index (Phi) is 1.68. The molecule has 0 radical (unpaired) electrons. The summed E-state index contributed by atoms with van der Waals surface area (Å²) in [5.74, 6) is 0.894. The van der Waals surface area contributed by atoms with Crippen molar-refractivity contribution in [3.8, 4) is 0 Å². The number of aliphatic imine (C=N–C) groups is 1. The first-order chi connectivity index (χ1) is 4.38. The van der Waals surface area contributed by atoms with Gasteiger partial charge in [0, 0.05) is 6.54 Å². The van der Waals surface area contributed by atoms with Gasteiger partial charge < -0.3 is 5.32 Å². The molecule has 0 aromatic heterocycles. The van der Waals surface area contributed by atoms with Crippen LogP contribution in [0.2, 0.25) is 0 Å². The van der Waals surface area contributed by atoms with E-state index in [1.54, 1.807) is 0 Å². The average molecular weight is 122 g/mol. The van der Waals surface area contributed by atoms with E-state index in [1.165, 1.54) is 5.57 Å². The van der Waals surface area contributed by atoms with Crippen molar-refractivity contribution in [1.82, 2.24) is 5.32 Å². The number of allylic oxidation sites excluding steroid dienone is 1. The van der Waals surface area contributed by atoms with E-state index in [0.717, 1.165) is 18.8 Å². The molecule has 1 heterocycles. The van der Waals surface area contributed by atoms with Crippen LogP contribution in [0.15, 0.2) is 29.0 Å². The highest BCUT2D eigenvalue weighted by Gasteiger charge is 2.07. The molecule has 0 unspecified atom stereocenters. The van der Waals surface area contributed by atoms with E-state index >= 15 is 0 Å². The van der Waals surface area contributed by atoms with Crippen LogP contribution >= 0.6 is 0 Å². The maximum atomic E-state index is 3.79. The smallest absolute Gasteiger partial charge is 0.128 e. The molecule has 1 N–H and O–H groups in total. The fourth-order valence-electron chi connectivity index (χ4n) is 0.904. The predicted molar refractivity (Wildman–Crippen MR) is 39.4 cm³/mol. The maximum Gasteiger partial charge on any atom is 0.128 e. The molecular weight excluding hydrogens is 112 g/mol. The third kappa shape index (κ3) is 1.02. The van der Waals surface area contributed by atoms with Crippen molar-refractivity contribution in [2.75, 3.05) is 6.54 Å². The van der Waals surface area contributed by atoms with Crippen molar-refractivity contribution in [2.24, 2.45) is 4.99 Å². The molecule has 0 saturated carbocycles. The van der Waals surface area contributed by atoms with Crippen LogP contribution in [0.3, 0.4) is 0 Å². The minimum atomic E-state index is 0.894. The Morgan fingerprint density at radius 1 is 1.67 bits per heavy atom. The second-order valence-electron chi connectivity index (χ2n) is 1.91. The molecule has 48 valence electrons. The van der Waals surface area contributed by atoms with Crippen LogP contribution < -0.4 is 5.32 Å².